The number of nitrogens with zero attached hydrogens (tertiary/aromatic N) is 5. The van der Waals surface area contributed by atoms with Crippen LogP contribution in [0, 0.1) is 6.92 Å². The summed E-state index contributed by atoms with van der Waals surface area (Å²) >= 11 is 1.52. The van der Waals surface area contributed by atoms with Crippen molar-refractivity contribution < 1.29 is 9.53 Å². The van der Waals surface area contributed by atoms with Gasteiger partial charge in [0.05, 0.1) is 11.8 Å². The average Bonchev–Trinajstić information content (AvgIpc) is 3.25. The van der Waals surface area contributed by atoms with Gasteiger partial charge in [0.2, 0.25) is 0 Å². The van der Waals surface area contributed by atoms with Crippen LogP contribution in [0.15, 0.2) is 24.4 Å². The van der Waals surface area contributed by atoms with Crippen LogP contribution in [0.4, 0.5) is 5.13 Å². The van der Waals surface area contributed by atoms with Crippen LogP contribution in [-0.4, -0.2) is 59.9 Å². The Morgan fingerprint density at radius 1 is 1.26 bits per heavy atom. The molecule has 0 fully saturated rings. The fourth-order valence-corrected chi connectivity index (χ4v) is 4.01. The summed E-state index contributed by atoms with van der Waals surface area (Å²) in [6.07, 6.45) is 2.49. The van der Waals surface area contributed by atoms with Crippen LogP contribution in [-0.2, 0) is 7.05 Å². The maximum Gasteiger partial charge on any atom is 0.278 e. The Labute approximate surface area is 163 Å². The number of fused-ring (bicyclic) bond motifs is 1. The van der Waals surface area contributed by atoms with E-state index in [9.17, 15) is 4.79 Å². The summed E-state index contributed by atoms with van der Waals surface area (Å²) < 4.78 is 8.10. The first-order valence-corrected chi connectivity index (χ1v) is 9.62. The second-order valence-electron chi connectivity index (χ2n) is 6.71. The Morgan fingerprint density at radius 3 is 2.67 bits per heavy atom. The normalized spacial score (nSPS) is 11.3. The van der Waals surface area contributed by atoms with Crippen LogP contribution in [0.25, 0.3) is 10.2 Å². The van der Waals surface area contributed by atoms with Crippen molar-refractivity contribution in [2.75, 3.05) is 39.2 Å². The fourth-order valence-electron chi connectivity index (χ4n) is 2.93. The van der Waals surface area contributed by atoms with Crippen molar-refractivity contribution in [1.82, 2.24) is 19.7 Å². The zero-order valence-corrected chi connectivity index (χ0v) is 17.2. The zero-order chi connectivity index (χ0) is 19.6. The number of anilines is 1. The van der Waals surface area contributed by atoms with Gasteiger partial charge < -0.3 is 9.64 Å². The van der Waals surface area contributed by atoms with E-state index in [2.05, 4.69) is 10.00 Å². The van der Waals surface area contributed by atoms with E-state index in [-0.39, 0.29) is 5.91 Å². The van der Waals surface area contributed by atoms with E-state index in [0.29, 0.717) is 17.4 Å². The van der Waals surface area contributed by atoms with E-state index < -0.39 is 0 Å². The third kappa shape index (κ3) is 3.96. The van der Waals surface area contributed by atoms with Crippen molar-refractivity contribution >= 4 is 32.6 Å². The van der Waals surface area contributed by atoms with Gasteiger partial charge in [0.15, 0.2) is 5.13 Å². The lowest BCUT2D eigenvalue weighted by molar-refractivity contribution is 0.0977. The van der Waals surface area contributed by atoms with Gasteiger partial charge >= 0.3 is 0 Å². The van der Waals surface area contributed by atoms with Crippen molar-refractivity contribution in [1.29, 1.82) is 0 Å². The molecule has 0 saturated heterocycles. The summed E-state index contributed by atoms with van der Waals surface area (Å²) in [6, 6.07) is 5.67. The number of amides is 1. The van der Waals surface area contributed by atoms with Gasteiger partial charge in [0, 0.05) is 19.8 Å². The smallest absolute Gasteiger partial charge is 0.278 e. The van der Waals surface area contributed by atoms with E-state index in [1.54, 1.807) is 36.0 Å². The molecule has 8 heteroatoms. The van der Waals surface area contributed by atoms with Gasteiger partial charge in [-0.1, -0.05) is 17.4 Å². The van der Waals surface area contributed by atoms with Crippen LogP contribution in [0.3, 0.4) is 0 Å². The number of benzene rings is 1. The third-order valence-electron chi connectivity index (χ3n) is 4.42. The molecular formula is C19H25N5O2S. The first-order valence-electron chi connectivity index (χ1n) is 8.81. The molecule has 0 atom stereocenters. The maximum atomic E-state index is 13.2. The molecule has 144 valence electrons. The SMILES string of the molecule is COc1ccc(C)c2sc(N(CCCN(C)C)C(=O)c3ccnn3C)nc12. The Hall–Kier alpha value is -2.45. The molecule has 0 spiro atoms. The molecule has 2 aromatic heterocycles. The Morgan fingerprint density at radius 2 is 2.04 bits per heavy atom. The molecule has 0 aliphatic carbocycles. The lowest BCUT2D eigenvalue weighted by Crippen LogP contribution is -2.34. The highest BCUT2D eigenvalue weighted by Gasteiger charge is 2.24. The Kier molecular flexibility index (Phi) is 5.76. The van der Waals surface area contributed by atoms with E-state index in [4.69, 9.17) is 9.72 Å². The monoisotopic (exact) mass is 387 g/mol. The Bertz CT molecular complexity index is 947. The molecule has 1 aromatic carbocycles. The summed E-state index contributed by atoms with van der Waals surface area (Å²) in [4.78, 5) is 21.8. The van der Waals surface area contributed by atoms with Crippen molar-refractivity contribution in [3.8, 4) is 5.75 Å². The van der Waals surface area contributed by atoms with Gasteiger partial charge in [-0.25, -0.2) is 4.98 Å². The molecule has 0 radical (unpaired) electrons. The topological polar surface area (TPSA) is 63.5 Å². The van der Waals surface area contributed by atoms with E-state index in [1.807, 2.05) is 33.2 Å². The maximum absolute atomic E-state index is 13.2. The van der Waals surface area contributed by atoms with Crippen LogP contribution in [0.1, 0.15) is 22.5 Å². The fraction of sp³-hybridized carbons (Fsp3) is 0.421. The number of aromatic nitrogens is 3. The molecule has 0 unspecified atom stereocenters. The van der Waals surface area contributed by atoms with Gasteiger partial charge in [0.1, 0.15) is 17.0 Å². The van der Waals surface area contributed by atoms with Gasteiger partial charge in [-0.15, -0.1) is 0 Å². The van der Waals surface area contributed by atoms with Crippen LogP contribution in [0.2, 0.25) is 0 Å². The molecule has 3 rings (SSSR count). The number of methoxy groups -OCH3 is 1. The minimum Gasteiger partial charge on any atom is -0.494 e. The third-order valence-corrected chi connectivity index (χ3v) is 5.63. The zero-order valence-electron chi connectivity index (χ0n) is 16.4. The number of aryl methyl sites for hydroxylation is 2. The number of thiazole rings is 1. The predicted octanol–water partition coefficient (Wildman–Crippen LogP) is 2.95. The lowest BCUT2D eigenvalue weighted by atomic mass is 10.2. The van der Waals surface area contributed by atoms with Crippen molar-refractivity contribution in [3.05, 3.63) is 35.7 Å². The van der Waals surface area contributed by atoms with Gasteiger partial charge in [-0.05, 0) is 51.7 Å². The van der Waals surface area contributed by atoms with E-state index >= 15 is 0 Å². The molecule has 27 heavy (non-hydrogen) atoms. The first kappa shape index (κ1) is 19.3. The highest BCUT2D eigenvalue weighted by Crippen LogP contribution is 2.36. The summed E-state index contributed by atoms with van der Waals surface area (Å²) in [7, 11) is 7.47. The van der Waals surface area contributed by atoms with Crippen LogP contribution in [0.5, 0.6) is 5.75 Å². The summed E-state index contributed by atoms with van der Waals surface area (Å²) in [5, 5.41) is 4.81. The average molecular weight is 388 g/mol. The quantitative estimate of drug-likeness (QED) is 0.624. The number of hydrogen-bond donors (Lipinski definition) is 0. The predicted molar refractivity (Wildman–Crippen MR) is 109 cm³/mol. The largest absolute Gasteiger partial charge is 0.494 e. The Balaban J connectivity index is 2.01. The first-order chi connectivity index (χ1) is 12.9. The highest BCUT2D eigenvalue weighted by molar-refractivity contribution is 7.22. The van der Waals surface area contributed by atoms with Gasteiger partial charge in [-0.3, -0.25) is 14.4 Å². The van der Waals surface area contributed by atoms with Crippen LogP contribution >= 0.6 is 11.3 Å². The van der Waals surface area contributed by atoms with Crippen molar-refractivity contribution in [2.45, 2.75) is 13.3 Å². The van der Waals surface area contributed by atoms with Crippen LogP contribution < -0.4 is 9.64 Å². The molecule has 3 aromatic rings. The van der Waals surface area contributed by atoms with Gasteiger partial charge in [-0.2, -0.15) is 5.10 Å². The summed E-state index contributed by atoms with van der Waals surface area (Å²) in [5.41, 5.74) is 2.46. The molecule has 0 N–H and O–H groups in total. The second kappa shape index (κ2) is 8.06. The minimum atomic E-state index is -0.0931. The van der Waals surface area contributed by atoms with Crippen molar-refractivity contribution in [3.63, 3.8) is 0 Å². The molecule has 2 heterocycles. The minimum absolute atomic E-state index is 0.0931. The number of rotatable bonds is 7. The highest BCUT2D eigenvalue weighted by atomic mass is 32.1. The molecular weight excluding hydrogens is 362 g/mol. The summed E-state index contributed by atoms with van der Waals surface area (Å²) in [6.45, 7) is 3.52. The second-order valence-corrected chi connectivity index (χ2v) is 7.69. The number of carbonyl (C=O) groups excluding carboxylic acids is 1. The number of carbonyl (C=O) groups is 1. The summed E-state index contributed by atoms with van der Waals surface area (Å²) in [5.74, 6) is 0.628. The molecule has 0 saturated carbocycles. The number of hydrogen-bond acceptors (Lipinski definition) is 6. The van der Waals surface area contributed by atoms with E-state index in [0.717, 1.165) is 34.5 Å². The standard InChI is InChI=1S/C19H25N5O2S/c1-13-7-8-15(26-5)16-17(13)27-19(21-16)24(12-6-11-22(2)3)18(25)14-9-10-20-23(14)4/h7-10H,6,11-12H2,1-5H3. The van der Waals surface area contributed by atoms with Crippen molar-refractivity contribution in [2.24, 2.45) is 7.05 Å². The lowest BCUT2D eigenvalue weighted by Gasteiger charge is -2.21. The van der Waals surface area contributed by atoms with Gasteiger partial charge in [0.25, 0.3) is 5.91 Å². The molecule has 0 aliphatic rings. The molecule has 0 aliphatic heterocycles. The number of ether oxygens (including phenoxy) is 1. The molecule has 0 bridgehead atoms. The molecule has 7 nitrogen and oxygen atoms in total. The van der Waals surface area contributed by atoms with E-state index in [1.165, 1.54) is 11.3 Å². The molecule has 1 amide bonds.